The van der Waals surface area contributed by atoms with Gasteiger partial charge in [0.2, 0.25) is 5.88 Å². The van der Waals surface area contributed by atoms with Crippen molar-refractivity contribution in [2.24, 2.45) is 19.1 Å². The summed E-state index contributed by atoms with van der Waals surface area (Å²) >= 11 is 0. The average molecular weight is 414 g/mol. The van der Waals surface area contributed by atoms with Crippen molar-refractivity contribution in [1.29, 1.82) is 0 Å². The molecule has 0 radical (unpaired) electrons. The van der Waals surface area contributed by atoms with E-state index in [4.69, 9.17) is 0 Å². The summed E-state index contributed by atoms with van der Waals surface area (Å²) in [6, 6.07) is 19.0. The lowest BCUT2D eigenvalue weighted by Crippen LogP contribution is -2.38. The van der Waals surface area contributed by atoms with Gasteiger partial charge in [-0.3, -0.25) is 13.9 Å². The Bertz CT molecular complexity index is 1390. The van der Waals surface area contributed by atoms with Crippen LogP contribution >= 0.6 is 0 Å². The molecule has 9 nitrogen and oxygen atoms in total. The van der Waals surface area contributed by atoms with Crippen molar-refractivity contribution in [1.82, 2.24) is 24.3 Å². The predicted octanol–water partition coefficient (Wildman–Crippen LogP) is 2.06. The molecule has 2 aromatic heterocycles. The topological polar surface area (TPSA) is 115 Å². The lowest BCUT2D eigenvalue weighted by molar-refractivity contribution is 0.410. The van der Waals surface area contributed by atoms with E-state index in [-0.39, 0.29) is 11.5 Å². The zero-order chi connectivity index (χ0) is 22.0. The van der Waals surface area contributed by atoms with Crippen molar-refractivity contribution in [2.45, 2.75) is 0 Å². The van der Waals surface area contributed by atoms with Crippen LogP contribution in [-0.2, 0) is 14.1 Å². The molecule has 0 fully saturated rings. The molecule has 1 N–H and O–H groups in total. The van der Waals surface area contributed by atoms with Gasteiger partial charge in [0.1, 0.15) is 17.0 Å². The van der Waals surface area contributed by atoms with Crippen molar-refractivity contribution in [3.63, 3.8) is 0 Å². The second-order valence-corrected chi connectivity index (χ2v) is 6.74. The molecule has 0 aliphatic carbocycles. The Kier molecular flexibility index (Phi) is 5.23. The summed E-state index contributed by atoms with van der Waals surface area (Å²) in [5, 5.41) is 18.6. The number of rotatable bonds is 4. The number of hydrogen-bond acceptors (Lipinski definition) is 7. The Morgan fingerprint density at radius 1 is 0.839 bits per heavy atom. The van der Waals surface area contributed by atoms with E-state index < -0.39 is 17.1 Å². The highest BCUT2D eigenvalue weighted by Gasteiger charge is 2.15. The molecule has 9 heteroatoms. The number of aromatic nitrogens is 5. The number of aliphatic imine (C=N–C) groups is 1. The third-order valence-corrected chi connectivity index (χ3v) is 4.75. The average Bonchev–Trinajstić information content (AvgIpc) is 2.82. The largest absolute Gasteiger partial charge is 0.494 e. The minimum atomic E-state index is -0.679. The van der Waals surface area contributed by atoms with E-state index >= 15 is 0 Å². The fourth-order valence-electron chi connectivity index (χ4n) is 3.05. The van der Waals surface area contributed by atoms with Crippen LogP contribution in [0.25, 0.3) is 22.5 Å². The maximum atomic E-state index is 12.4. The van der Waals surface area contributed by atoms with Crippen molar-refractivity contribution >= 4 is 12.2 Å². The first kappa shape index (κ1) is 19.9. The van der Waals surface area contributed by atoms with Crippen LogP contribution in [0, 0.1) is 0 Å². The molecule has 0 saturated heterocycles. The summed E-state index contributed by atoms with van der Waals surface area (Å²) < 4.78 is 1.84. The Labute approximate surface area is 176 Å². The normalized spacial score (nSPS) is 11.2. The summed E-state index contributed by atoms with van der Waals surface area (Å²) in [6.07, 6.45) is 1.13. The van der Waals surface area contributed by atoms with E-state index in [1.807, 2.05) is 60.7 Å². The SMILES string of the molecule is Cn1c(O)c(C=Nc2nnc(-c3ccccc3)c(-c3ccccc3)n2)c(=O)n(C)c1=O. The number of benzene rings is 2. The van der Waals surface area contributed by atoms with Crippen LogP contribution in [0.4, 0.5) is 5.95 Å². The molecule has 4 aromatic rings. The lowest BCUT2D eigenvalue weighted by atomic mass is 10.0. The predicted molar refractivity (Wildman–Crippen MR) is 117 cm³/mol. The molecule has 0 saturated carbocycles. The Morgan fingerprint density at radius 3 is 2.03 bits per heavy atom. The quantitative estimate of drug-likeness (QED) is 0.511. The second-order valence-electron chi connectivity index (χ2n) is 6.74. The van der Waals surface area contributed by atoms with Crippen molar-refractivity contribution < 1.29 is 5.11 Å². The molecule has 31 heavy (non-hydrogen) atoms. The number of hydrogen-bond donors (Lipinski definition) is 1. The minimum absolute atomic E-state index is 0.00819. The summed E-state index contributed by atoms with van der Waals surface area (Å²) in [5.41, 5.74) is 1.37. The maximum absolute atomic E-state index is 12.4. The Hall–Kier alpha value is -4.40. The standard InChI is InChI=1S/C22H18N6O3/c1-27-19(29)16(20(30)28(2)22(27)31)13-23-21-24-17(14-9-5-3-6-10-14)18(25-26-21)15-11-7-4-8-12-15/h3-13,29H,1-2H3. The van der Waals surface area contributed by atoms with Crippen LogP contribution < -0.4 is 11.2 Å². The van der Waals surface area contributed by atoms with Gasteiger partial charge in [-0.1, -0.05) is 60.7 Å². The lowest BCUT2D eigenvalue weighted by Gasteiger charge is -2.08. The van der Waals surface area contributed by atoms with Crippen LogP contribution in [0.1, 0.15) is 5.56 Å². The van der Waals surface area contributed by atoms with E-state index in [1.54, 1.807) is 0 Å². The van der Waals surface area contributed by atoms with Crippen LogP contribution in [0.5, 0.6) is 5.88 Å². The van der Waals surface area contributed by atoms with E-state index in [0.29, 0.717) is 11.4 Å². The molecule has 0 atom stereocenters. The van der Waals surface area contributed by atoms with Gasteiger partial charge in [-0.2, -0.15) is 0 Å². The molecular formula is C22H18N6O3. The van der Waals surface area contributed by atoms with Crippen molar-refractivity contribution in [3.8, 4) is 28.4 Å². The van der Waals surface area contributed by atoms with Gasteiger partial charge in [0.25, 0.3) is 11.5 Å². The monoisotopic (exact) mass is 414 g/mol. The first-order chi connectivity index (χ1) is 15.0. The van der Waals surface area contributed by atoms with Crippen molar-refractivity contribution in [3.05, 3.63) is 87.1 Å². The van der Waals surface area contributed by atoms with E-state index in [0.717, 1.165) is 26.5 Å². The molecule has 0 spiro atoms. The molecule has 4 rings (SSSR count). The fourth-order valence-corrected chi connectivity index (χ4v) is 3.05. The highest BCUT2D eigenvalue weighted by molar-refractivity contribution is 5.84. The first-order valence-electron chi connectivity index (χ1n) is 9.36. The van der Waals surface area contributed by atoms with Gasteiger partial charge in [-0.15, -0.1) is 10.2 Å². The second kappa shape index (κ2) is 8.15. The third kappa shape index (κ3) is 3.76. The molecule has 0 amide bonds. The van der Waals surface area contributed by atoms with E-state index in [9.17, 15) is 14.7 Å². The van der Waals surface area contributed by atoms with Gasteiger partial charge in [0, 0.05) is 31.4 Å². The molecule has 0 aliphatic heterocycles. The molecule has 154 valence electrons. The third-order valence-electron chi connectivity index (χ3n) is 4.75. The van der Waals surface area contributed by atoms with Gasteiger partial charge in [-0.05, 0) is 0 Å². The van der Waals surface area contributed by atoms with E-state index in [2.05, 4.69) is 20.2 Å². The molecule has 0 aliphatic rings. The molecule has 0 unspecified atom stereocenters. The van der Waals surface area contributed by atoms with Gasteiger partial charge in [0.05, 0.1) is 0 Å². The zero-order valence-corrected chi connectivity index (χ0v) is 16.8. The highest BCUT2D eigenvalue weighted by atomic mass is 16.3. The minimum Gasteiger partial charge on any atom is -0.494 e. The summed E-state index contributed by atoms with van der Waals surface area (Å²) in [6.45, 7) is 0. The van der Waals surface area contributed by atoms with Crippen LogP contribution in [0.2, 0.25) is 0 Å². The zero-order valence-electron chi connectivity index (χ0n) is 16.8. The van der Waals surface area contributed by atoms with Crippen LogP contribution in [0.15, 0.2) is 75.2 Å². The van der Waals surface area contributed by atoms with Gasteiger partial charge < -0.3 is 5.11 Å². The van der Waals surface area contributed by atoms with Crippen LogP contribution in [-0.4, -0.2) is 35.6 Å². The smallest absolute Gasteiger partial charge is 0.333 e. The summed E-state index contributed by atoms with van der Waals surface area (Å²) in [5.74, 6) is -0.483. The molecule has 2 heterocycles. The van der Waals surface area contributed by atoms with Gasteiger partial charge >= 0.3 is 5.69 Å². The summed E-state index contributed by atoms with van der Waals surface area (Å²) in [4.78, 5) is 32.9. The Morgan fingerprint density at radius 2 is 1.42 bits per heavy atom. The Balaban J connectivity index is 1.83. The molecule has 0 bridgehead atoms. The molecular weight excluding hydrogens is 396 g/mol. The van der Waals surface area contributed by atoms with Gasteiger partial charge in [-0.25, -0.2) is 14.8 Å². The van der Waals surface area contributed by atoms with Gasteiger partial charge in [0.15, 0.2) is 0 Å². The highest BCUT2D eigenvalue weighted by Crippen LogP contribution is 2.29. The fraction of sp³-hybridized carbons (Fsp3) is 0.0909. The maximum Gasteiger partial charge on any atom is 0.333 e. The van der Waals surface area contributed by atoms with E-state index in [1.165, 1.54) is 14.1 Å². The molecule has 2 aromatic carbocycles. The van der Waals surface area contributed by atoms with Crippen molar-refractivity contribution in [2.75, 3.05) is 0 Å². The number of aromatic hydroxyl groups is 1. The van der Waals surface area contributed by atoms with Crippen LogP contribution in [0.3, 0.4) is 0 Å². The first-order valence-corrected chi connectivity index (χ1v) is 9.36. The number of nitrogens with zero attached hydrogens (tertiary/aromatic N) is 6. The summed E-state index contributed by atoms with van der Waals surface area (Å²) in [7, 11) is 2.68.